The van der Waals surface area contributed by atoms with Gasteiger partial charge in [0.15, 0.2) is 0 Å². The molecule has 1 saturated carbocycles. The number of nitrogens with one attached hydrogen (secondary N) is 1. The van der Waals surface area contributed by atoms with Crippen LogP contribution in [0.1, 0.15) is 32.1 Å². The zero-order valence-electron chi connectivity index (χ0n) is 9.00. The minimum Gasteiger partial charge on any atom is -0.328 e. The molecule has 0 aromatic rings. The van der Waals surface area contributed by atoms with Crippen molar-refractivity contribution in [1.29, 1.82) is 0 Å². The van der Waals surface area contributed by atoms with Crippen molar-refractivity contribution in [2.75, 3.05) is 18.6 Å². The van der Waals surface area contributed by atoms with Gasteiger partial charge in [-0.1, -0.05) is 0 Å². The summed E-state index contributed by atoms with van der Waals surface area (Å²) in [5, 5.41) is 3.51. The van der Waals surface area contributed by atoms with Gasteiger partial charge in [0.2, 0.25) is 0 Å². The Hall–Kier alpha value is 0.0700. The zero-order valence-corrected chi connectivity index (χ0v) is 9.81. The Morgan fingerprint density at radius 3 is 2.57 bits per heavy atom. The second kappa shape index (κ2) is 6.53. The fourth-order valence-corrected chi connectivity index (χ4v) is 2.46. The van der Waals surface area contributed by atoms with E-state index in [2.05, 4.69) is 5.32 Å². The van der Waals surface area contributed by atoms with Crippen molar-refractivity contribution < 1.29 is 4.21 Å². The average Bonchev–Trinajstić information content (AvgIpc) is 2.15. The Labute approximate surface area is 89.3 Å². The lowest BCUT2D eigenvalue weighted by Crippen LogP contribution is -2.38. The molecular formula is C10H22N2OS. The second-order valence-corrected chi connectivity index (χ2v) is 5.75. The van der Waals surface area contributed by atoms with Crippen LogP contribution in [0.4, 0.5) is 0 Å². The van der Waals surface area contributed by atoms with Crippen molar-refractivity contribution in [3.05, 3.63) is 0 Å². The fourth-order valence-electron chi connectivity index (χ4n) is 1.90. The molecule has 1 fully saturated rings. The largest absolute Gasteiger partial charge is 0.328 e. The summed E-state index contributed by atoms with van der Waals surface area (Å²) >= 11 is 0. The van der Waals surface area contributed by atoms with Crippen LogP contribution in [0.15, 0.2) is 0 Å². The molecular weight excluding hydrogens is 196 g/mol. The van der Waals surface area contributed by atoms with Crippen LogP contribution in [0.25, 0.3) is 0 Å². The molecule has 0 amide bonds. The molecule has 4 heteroatoms. The Morgan fingerprint density at radius 1 is 1.36 bits per heavy atom. The summed E-state index contributed by atoms with van der Waals surface area (Å²) < 4.78 is 10.8. The van der Waals surface area contributed by atoms with Crippen molar-refractivity contribution in [3.63, 3.8) is 0 Å². The minimum atomic E-state index is -0.638. The highest BCUT2D eigenvalue weighted by molar-refractivity contribution is 7.84. The van der Waals surface area contributed by atoms with Crippen LogP contribution >= 0.6 is 0 Å². The topological polar surface area (TPSA) is 55.1 Å². The summed E-state index contributed by atoms with van der Waals surface area (Å²) in [7, 11) is -0.638. The Morgan fingerprint density at radius 2 is 2.00 bits per heavy atom. The molecule has 1 rings (SSSR count). The number of nitrogens with two attached hydrogens (primary N) is 1. The first kappa shape index (κ1) is 12.1. The third-order valence-electron chi connectivity index (χ3n) is 2.81. The van der Waals surface area contributed by atoms with Crippen LogP contribution < -0.4 is 11.1 Å². The van der Waals surface area contributed by atoms with Gasteiger partial charge in [-0.25, -0.2) is 0 Å². The van der Waals surface area contributed by atoms with Crippen molar-refractivity contribution in [2.45, 2.75) is 44.2 Å². The van der Waals surface area contributed by atoms with Crippen molar-refractivity contribution in [3.8, 4) is 0 Å². The number of rotatable bonds is 5. The molecule has 3 nitrogen and oxygen atoms in total. The van der Waals surface area contributed by atoms with Crippen LogP contribution in [-0.2, 0) is 10.8 Å². The fraction of sp³-hybridized carbons (Fsp3) is 1.00. The molecule has 0 aromatic carbocycles. The summed E-state index contributed by atoms with van der Waals surface area (Å²) in [6.45, 7) is 0.999. The third-order valence-corrected chi connectivity index (χ3v) is 3.68. The predicted octanol–water partition coefficient (Wildman–Crippen LogP) is 0.614. The van der Waals surface area contributed by atoms with Gasteiger partial charge in [0, 0.05) is 34.9 Å². The van der Waals surface area contributed by atoms with Crippen LogP contribution in [0.3, 0.4) is 0 Å². The normalized spacial score (nSPS) is 30.1. The van der Waals surface area contributed by atoms with E-state index < -0.39 is 10.8 Å². The predicted molar refractivity (Wildman–Crippen MR) is 61.8 cm³/mol. The quantitative estimate of drug-likeness (QED) is 0.665. The first-order chi connectivity index (χ1) is 6.68. The maximum Gasteiger partial charge on any atom is 0.0244 e. The van der Waals surface area contributed by atoms with Gasteiger partial charge in [-0.05, 0) is 38.6 Å². The van der Waals surface area contributed by atoms with Crippen LogP contribution in [-0.4, -0.2) is 34.8 Å². The molecule has 14 heavy (non-hydrogen) atoms. The first-order valence-electron chi connectivity index (χ1n) is 5.47. The molecule has 0 heterocycles. The van der Waals surface area contributed by atoms with Crippen molar-refractivity contribution in [2.24, 2.45) is 5.73 Å². The zero-order chi connectivity index (χ0) is 10.4. The summed E-state index contributed by atoms with van der Waals surface area (Å²) in [6.07, 6.45) is 7.49. The minimum absolute atomic E-state index is 0.427. The molecule has 0 spiro atoms. The third kappa shape index (κ3) is 5.08. The van der Waals surface area contributed by atoms with E-state index in [0.29, 0.717) is 12.1 Å². The molecule has 0 aliphatic heterocycles. The highest BCUT2D eigenvalue weighted by Crippen LogP contribution is 2.16. The molecule has 0 aromatic heterocycles. The molecule has 1 atom stereocenters. The molecule has 0 radical (unpaired) electrons. The van der Waals surface area contributed by atoms with E-state index in [9.17, 15) is 4.21 Å². The van der Waals surface area contributed by atoms with Gasteiger partial charge in [-0.3, -0.25) is 4.21 Å². The molecule has 1 aliphatic carbocycles. The molecule has 84 valence electrons. The SMILES string of the molecule is CS(=O)CCCNC1CCC(N)CC1. The summed E-state index contributed by atoms with van der Waals surface area (Å²) in [5.41, 5.74) is 5.82. The van der Waals surface area contributed by atoms with E-state index in [0.717, 1.165) is 31.6 Å². The lowest BCUT2D eigenvalue weighted by molar-refractivity contribution is 0.344. The van der Waals surface area contributed by atoms with Gasteiger partial charge < -0.3 is 11.1 Å². The van der Waals surface area contributed by atoms with Gasteiger partial charge >= 0.3 is 0 Å². The lowest BCUT2D eigenvalue weighted by atomic mass is 9.92. The van der Waals surface area contributed by atoms with E-state index in [4.69, 9.17) is 5.73 Å². The number of hydrogen-bond acceptors (Lipinski definition) is 3. The van der Waals surface area contributed by atoms with E-state index >= 15 is 0 Å². The van der Waals surface area contributed by atoms with E-state index in [1.54, 1.807) is 6.26 Å². The molecule has 1 aliphatic rings. The smallest absolute Gasteiger partial charge is 0.0244 e. The molecule has 3 N–H and O–H groups in total. The van der Waals surface area contributed by atoms with Crippen LogP contribution in [0, 0.1) is 0 Å². The van der Waals surface area contributed by atoms with E-state index in [-0.39, 0.29) is 0 Å². The van der Waals surface area contributed by atoms with Gasteiger partial charge in [0.1, 0.15) is 0 Å². The van der Waals surface area contributed by atoms with Crippen LogP contribution in [0.5, 0.6) is 0 Å². The maximum atomic E-state index is 10.8. The van der Waals surface area contributed by atoms with Crippen LogP contribution in [0.2, 0.25) is 0 Å². The lowest BCUT2D eigenvalue weighted by Gasteiger charge is -2.26. The Kier molecular flexibility index (Phi) is 5.67. The van der Waals surface area contributed by atoms with Gasteiger partial charge in [0.25, 0.3) is 0 Å². The first-order valence-corrected chi connectivity index (χ1v) is 7.20. The Bertz CT molecular complexity index is 179. The monoisotopic (exact) mass is 218 g/mol. The summed E-state index contributed by atoms with van der Waals surface area (Å²) in [5.74, 6) is 0.819. The molecule has 0 bridgehead atoms. The Balaban J connectivity index is 1.99. The molecule has 1 unspecified atom stereocenters. The van der Waals surface area contributed by atoms with Crippen molar-refractivity contribution in [1.82, 2.24) is 5.32 Å². The van der Waals surface area contributed by atoms with Crippen molar-refractivity contribution >= 4 is 10.8 Å². The maximum absolute atomic E-state index is 10.8. The number of hydrogen-bond donors (Lipinski definition) is 2. The van der Waals surface area contributed by atoms with E-state index in [1.807, 2.05) is 0 Å². The molecule has 0 saturated heterocycles. The highest BCUT2D eigenvalue weighted by Gasteiger charge is 2.17. The van der Waals surface area contributed by atoms with Gasteiger partial charge in [-0.2, -0.15) is 0 Å². The second-order valence-electron chi connectivity index (χ2n) is 4.20. The summed E-state index contributed by atoms with van der Waals surface area (Å²) in [6, 6.07) is 1.08. The highest BCUT2D eigenvalue weighted by atomic mass is 32.2. The van der Waals surface area contributed by atoms with Gasteiger partial charge in [-0.15, -0.1) is 0 Å². The summed E-state index contributed by atoms with van der Waals surface area (Å²) in [4.78, 5) is 0. The van der Waals surface area contributed by atoms with E-state index in [1.165, 1.54) is 12.8 Å². The average molecular weight is 218 g/mol. The van der Waals surface area contributed by atoms with Gasteiger partial charge in [0.05, 0.1) is 0 Å². The standard InChI is InChI=1S/C10H22N2OS/c1-14(13)8-2-7-12-10-5-3-9(11)4-6-10/h9-10,12H,2-8,11H2,1H3.